The van der Waals surface area contributed by atoms with Crippen LogP contribution in [0.2, 0.25) is 0 Å². The van der Waals surface area contributed by atoms with E-state index in [1.54, 1.807) is 0 Å². The van der Waals surface area contributed by atoms with Crippen molar-refractivity contribution < 1.29 is 9.59 Å². The van der Waals surface area contributed by atoms with E-state index >= 15 is 0 Å². The molecule has 4 rings (SSSR count). The van der Waals surface area contributed by atoms with Crippen LogP contribution in [0.1, 0.15) is 43.6 Å². The van der Waals surface area contributed by atoms with Gasteiger partial charge in [-0.05, 0) is 49.1 Å². The summed E-state index contributed by atoms with van der Waals surface area (Å²) in [6.45, 7) is 0. The summed E-state index contributed by atoms with van der Waals surface area (Å²) in [5.74, 6) is 0.975. The van der Waals surface area contributed by atoms with E-state index < -0.39 is 0 Å². The Labute approximate surface area is 124 Å². The lowest BCUT2D eigenvalue weighted by atomic mass is 9.89. The van der Waals surface area contributed by atoms with Crippen molar-refractivity contribution in [3.05, 3.63) is 29.8 Å². The number of para-hydroxylation sites is 1. The monoisotopic (exact) mass is 284 g/mol. The quantitative estimate of drug-likeness (QED) is 0.892. The van der Waals surface area contributed by atoms with Gasteiger partial charge in [-0.1, -0.05) is 18.2 Å². The molecule has 2 N–H and O–H groups in total. The first-order valence-corrected chi connectivity index (χ1v) is 7.91. The summed E-state index contributed by atoms with van der Waals surface area (Å²) in [5.41, 5.74) is 1.73. The molecule has 2 aliphatic carbocycles. The topological polar surface area (TPSA) is 58.2 Å². The van der Waals surface area contributed by atoms with E-state index in [2.05, 4.69) is 10.6 Å². The van der Waals surface area contributed by atoms with Gasteiger partial charge in [0.1, 0.15) is 0 Å². The molecular formula is C17H20N2O2. The third-order valence-electron chi connectivity index (χ3n) is 4.88. The maximum Gasteiger partial charge on any atom is 0.228 e. The van der Waals surface area contributed by atoms with Gasteiger partial charge in [-0.15, -0.1) is 0 Å². The Kier molecular flexibility index (Phi) is 2.98. The summed E-state index contributed by atoms with van der Waals surface area (Å²) < 4.78 is 0. The van der Waals surface area contributed by atoms with Crippen molar-refractivity contribution in [1.29, 1.82) is 0 Å². The van der Waals surface area contributed by atoms with Gasteiger partial charge in [-0.2, -0.15) is 0 Å². The fraction of sp³-hybridized carbons (Fsp3) is 0.529. The van der Waals surface area contributed by atoms with E-state index in [4.69, 9.17) is 0 Å². The highest BCUT2D eigenvalue weighted by atomic mass is 16.2. The number of hydrogen-bond donors (Lipinski definition) is 2. The van der Waals surface area contributed by atoms with Gasteiger partial charge in [0.15, 0.2) is 0 Å². The van der Waals surface area contributed by atoms with Crippen LogP contribution < -0.4 is 10.6 Å². The first kappa shape index (κ1) is 12.9. The standard InChI is InChI=1S/C17H20N2O2/c20-15-9-13(12-3-1-2-4-14(12)18-15)17(21)19-16(10-5-6-10)11-7-8-11/h1-4,10-11,13,16H,5-9H2,(H,18,20)(H,19,21)/t13-/m1/s1. The van der Waals surface area contributed by atoms with E-state index in [9.17, 15) is 9.59 Å². The van der Waals surface area contributed by atoms with Crippen LogP contribution in [0.15, 0.2) is 24.3 Å². The molecule has 1 aromatic carbocycles. The molecule has 0 spiro atoms. The third kappa shape index (κ3) is 2.55. The molecule has 1 heterocycles. The fourth-order valence-corrected chi connectivity index (χ4v) is 3.44. The lowest BCUT2D eigenvalue weighted by molar-refractivity contribution is -0.127. The largest absolute Gasteiger partial charge is 0.352 e. The van der Waals surface area contributed by atoms with Crippen LogP contribution in [0.3, 0.4) is 0 Å². The van der Waals surface area contributed by atoms with Crippen LogP contribution in [0.5, 0.6) is 0 Å². The van der Waals surface area contributed by atoms with E-state index in [0.717, 1.165) is 11.3 Å². The zero-order valence-corrected chi connectivity index (χ0v) is 12.0. The maximum atomic E-state index is 12.7. The number of rotatable bonds is 4. The average molecular weight is 284 g/mol. The molecule has 0 aromatic heterocycles. The molecular weight excluding hydrogens is 264 g/mol. The average Bonchev–Trinajstić information content (AvgIpc) is 3.37. The summed E-state index contributed by atoms with van der Waals surface area (Å²) in [5, 5.41) is 6.10. The highest BCUT2D eigenvalue weighted by Crippen LogP contribution is 2.45. The number of benzene rings is 1. The van der Waals surface area contributed by atoms with E-state index in [1.165, 1.54) is 25.7 Å². The van der Waals surface area contributed by atoms with Gasteiger partial charge < -0.3 is 10.6 Å². The first-order valence-electron chi connectivity index (χ1n) is 7.91. The van der Waals surface area contributed by atoms with Crippen LogP contribution in [-0.4, -0.2) is 17.9 Å². The zero-order valence-electron chi connectivity index (χ0n) is 12.0. The van der Waals surface area contributed by atoms with Crippen molar-refractivity contribution in [1.82, 2.24) is 5.32 Å². The van der Waals surface area contributed by atoms with Gasteiger partial charge in [0, 0.05) is 18.2 Å². The second-order valence-electron chi connectivity index (χ2n) is 6.60. The lowest BCUT2D eigenvalue weighted by Gasteiger charge is -2.27. The van der Waals surface area contributed by atoms with Gasteiger partial charge in [0.05, 0.1) is 5.92 Å². The Morgan fingerprint density at radius 1 is 1.14 bits per heavy atom. The highest BCUT2D eigenvalue weighted by molar-refractivity contribution is 6.01. The SMILES string of the molecule is O=C1C[C@@H](C(=O)NC(C2CC2)C2CC2)c2ccccc2N1. The predicted molar refractivity (Wildman–Crippen MR) is 79.8 cm³/mol. The predicted octanol–water partition coefficient (Wildman–Crippen LogP) is 2.42. The Hall–Kier alpha value is -1.84. The highest BCUT2D eigenvalue weighted by Gasteiger charge is 2.43. The van der Waals surface area contributed by atoms with Crippen molar-refractivity contribution in [3.8, 4) is 0 Å². The molecule has 110 valence electrons. The molecule has 1 aromatic rings. The molecule has 2 amide bonds. The van der Waals surface area contributed by atoms with Gasteiger partial charge in [-0.3, -0.25) is 9.59 Å². The Morgan fingerprint density at radius 2 is 1.81 bits per heavy atom. The van der Waals surface area contributed by atoms with Gasteiger partial charge in [0.2, 0.25) is 11.8 Å². The molecule has 0 bridgehead atoms. The Bertz CT molecular complexity index is 578. The van der Waals surface area contributed by atoms with Crippen LogP contribution in [0.25, 0.3) is 0 Å². The van der Waals surface area contributed by atoms with Gasteiger partial charge in [-0.25, -0.2) is 0 Å². The fourth-order valence-electron chi connectivity index (χ4n) is 3.44. The van der Waals surface area contributed by atoms with Crippen molar-refractivity contribution in [3.63, 3.8) is 0 Å². The first-order chi connectivity index (χ1) is 10.2. The van der Waals surface area contributed by atoms with E-state index in [0.29, 0.717) is 17.9 Å². The number of fused-ring (bicyclic) bond motifs is 1. The molecule has 2 fully saturated rings. The molecule has 2 saturated carbocycles. The number of nitrogens with one attached hydrogen (secondary N) is 2. The van der Waals surface area contributed by atoms with E-state index in [1.807, 2.05) is 24.3 Å². The number of amides is 2. The maximum absolute atomic E-state index is 12.7. The van der Waals surface area contributed by atoms with E-state index in [-0.39, 0.29) is 24.2 Å². The molecule has 0 unspecified atom stereocenters. The Morgan fingerprint density at radius 3 is 2.48 bits per heavy atom. The summed E-state index contributed by atoms with van der Waals surface area (Å²) in [6.07, 6.45) is 5.21. The van der Waals surface area contributed by atoms with Crippen molar-refractivity contribution in [2.24, 2.45) is 11.8 Å². The van der Waals surface area contributed by atoms with Crippen molar-refractivity contribution in [2.45, 2.75) is 44.1 Å². The minimum Gasteiger partial charge on any atom is -0.352 e. The van der Waals surface area contributed by atoms with Gasteiger partial charge in [0.25, 0.3) is 0 Å². The number of anilines is 1. The second-order valence-corrected chi connectivity index (χ2v) is 6.60. The normalized spacial score (nSPS) is 24.4. The molecule has 0 radical (unpaired) electrons. The van der Waals surface area contributed by atoms with Crippen LogP contribution in [0.4, 0.5) is 5.69 Å². The lowest BCUT2D eigenvalue weighted by Crippen LogP contribution is -2.42. The van der Waals surface area contributed by atoms with Crippen molar-refractivity contribution >= 4 is 17.5 Å². The Balaban J connectivity index is 1.54. The second kappa shape index (κ2) is 4.86. The molecule has 1 atom stereocenters. The summed E-state index contributed by atoms with van der Waals surface area (Å²) >= 11 is 0. The molecule has 0 saturated heterocycles. The molecule has 21 heavy (non-hydrogen) atoms. The van der Waals surface area contributed by atoms with Gasteiger partial charge >= 0.3 is 0 Å². The molecule has 3 aliphatic rings. The zero-order chi connectivity index (χ0) is 14.4. The number of carbonyl (C=O) groups excluding carboxylic acids is 2. The molecule has 1 aliphatic heterocycles. The minimum atomic E-state index is -0.338. The molecule has 4 nitrogen and oxygen atoms in total. The number of carbonyl (C=O) groups is 2. The summed E-state index contributed by atoms with van der Waals surface area (Å²) in [4.78, 5) is 24.5. The molecule has 4 heteroatoms. The smallest absolute Gasteiger partial charge is 0.228 e. The van der Waals surface area contributed by atoms with Crippen LogP contribution in [-0.2, 0) is 9.59 Å². The van der Waals surface area contributed by atoms with Crippen molar-refractivity contribution in [2.75, 3.05) is 5.32 Å². The van der Waals surface area contributed by atoms with Crippen LogP contribution >= 0.6 is 0 Å². The summed E-state index contributed by atoms with van der Waals surface area (Å²) in [7, 11) is 0. The van der Waals surface area contributed by atoms with Crippen LogP contribution in [0, 0.1) is 11.8 Å². The minimum absolute atomic E-state index is 0.0288. The number of hydrogen-bond acceptors (Lipinski definition) is 2. The summed E-state index contributed by atoms with van der Waals surface area (Å²) in [6, 6.07) is 7.97. The third-order valence-corrected chi connectivity index (χ3v) is 4.88.